The zero-order valence-corrected chi connectivity index (χ0v) is 9.74. The number of thiophene rings is 1. The van der Waals surface area contributed by atoms with Gasteiger partial charge >= 0.3 is 0 Å². The van der Waals surface area contributed by atoms with Crippen LogP contribution in [-0.2, 0) is 0 Å². The lowest BCUT2D eigenvalue weighted by molar-refractivity contribution is 0.475. The van der Waals surface area contributed by atoms with Gasteiger partial charge in [-0.25, -0.2) is 0 Å². The summed E-state index contributed by atoms with van der Waals surface area (Å²) in [5, 5.41) is 18.6. The predicted octanol–water partition coefficient (Wildman–Crippen LogP) is 3.51. The van der Waals surface area contributed by atoms with Crippen molar-refractivity contribution in [2.75, 3.05) is 0 Å². The summed E-state index contributed by atoms with van der Waals surface area (Å²) in [5.74, 6) is 0.266. The minimum atomic E-state index is 0.266. The van der Waals surface area contributed by atoms with E-state index in [1.165, 1.54) is 4.88 Å². The molecule has 0 aliphatic carbocycles. The molecule has 4 heteroatoms. The second kappa shape index (κ2) is 4.07. The van der Waals surface area contributed by atoms with Crippen molar-refractivity contribution in [1.82, 2.24) is 10.2 Å². The van der Waals surface area contributed by atoms with Crippen LogP contribution >= 0.6 is 11.3 Å². The Morgan fingerprint density at radius 3 is 2.65 bits per heavy atom. The van der Waals surface area contributed by atoms with Crippen LogP contribution in [0.1, 0.15) is 0 Å². The smallest absolute Gasteiger partial charge is 0.115 e. The van der Waals surface area contributed by atoms with Crippen molar-refractivity contribution >= 4 is 11.3 Å². The molecule has 0 atom stereocenters. The minimum absolute atomic E-state index is 0.266. The number of hydrogen-bond donors (Lipinski definition) is 2. The maximum atomic E-state index is 9.23. The first kappa shape index (κ1) is 10.1. The molecule has 0 aliphatic heterocycles. The number of aromatic nitrogens is 2. The number of aromatic hydroxyl groups is 1. The predicted molar refractivity (Wildman–Crippen MR) is 69.0 cm³/mol. The average Bonchev–Trinajstić information content (AvgIpc) is 3.00. The second-order valence-corrected chi connectivity index (χ2v) is 4.64. The van der Waals surface area contributed by atoms with Crippen molar-refractivity contribution < 1.29 is 5.11 Å². The monoisotopic (exact) mass is 242 g/mol. The highest BCUT2D eigenvalue weighted by molar-refractivity contribution is 7.13. The third kappa shape index (κ3) is 1.94. The first-order chi connectivity index (χ1) is 8.33. The van der Waals surface area contributed by atoms with Gasteiger partial charge in [-0.2, -0.15) is 5.10 Å². The van der Waals surface area contributed by atoms with E-state index < -0.39 is 0 Å². The molecule has 0 saturated carbocycles. The SMILES string of the molecule is Oc1ccc(-c2cc(-c3cccs3)[nH]n2)cc1. The highest BCUT2D eigenvalue weighted by Crippen LogP contribution is 2.27. The van der Waals surface area contributed by atoms with E-state index in [4.69, 9.17) is 0 Å². The van der Waals surface area contributed by atoms with Crippen LogP contribution in [0.2, 0.25) is 0 Å². The molecule has 3 nitrogen and oxygen atoms in total. The van der Waals surface area contributed by atoms with Gasteiger partial charge in [0.15, 0.2) is 0 Å². The standard InChI is InChI=1S/C13H10N2OS/c16-10-5-3-9(4-6-10)11-8-12(15-14-11)13-2-1-7-17-13/h1-8,16H,(H,14,15). The summed E-state index contributed by atoms with van der Waals surface area (Å²) in [4.78, 5) is 1.17. The molecule has 17 heavy (non-hydrogen) atoms. The molecule has 3 rings (SSSR count). The number of nitrogens with zero attached hydrogens (tertiary/aromatic N) is 1. The van der Waals surface area contributed by atoms with Crippen molar-refractivity contribution in [3.63, 3.8) is 0 Å². The Kier molecular flexibility index (Phi) is 2.42. The van der Waals surface area contributed by atoms with Crippen LogP contribution in [0.4, 0.5) is 0 Å². The Morgan fingerprint density at radius 1 is 1.12 bits per heavy atom. The molecule has 84 valence electrons. The molecule has 2 heterocycles. The number of phenols is 1. The van der Waals surface area contributed by atoms with E-state index >= 15 is 0 Å². The fourth-order valence-corrected chi connectivity index (χ4v) is 2.35. The van der Waals surface area contributed by atoms with Gasteiger partial charge in [-0.15, -0.1) is 11.3 Å². The largest absolute Gasteiger partial charge is 0.508 e. The average molecular weight is 242 g/mol. The molecule has 0 fully saturated rings. The quantitative estimate of drug-likeness (QED) is 0.722. The van der Waals surface area contributed by atoms with Crippen molar-refractivity contribution in [3.05, 3.63) is 47.8 Å². The van der Waals surface area contributed by atoms with Gasteiger partial charge in [0, 0.05) is 5.56 Å². The maximum absolute atomic E-state index is 9.23. The van der Waals surface area contributed by atoms with Gasteiger partial charge in [0.1, 0.15) is 5.75 Å². The number of H-pyrrole nitrogens is 1. The number of hydrogen-bond acceptors (Lipinski definition) is 3. The molecule has 0 unspecified atom stereocenters. The van der Waals surface area contributed by atoms with Crippen LogP contribution in [0.25, 0.3) is 21.8 Å². The van der Waals surface area contributed by atoms with E-state index in [0.717, 1.165) is 17.0 Å². The van der Waals surface area contributed by atoms with Crippen LogP contribution in [0, 0.1) is 0 Å². The van der Waals surface area contributed by atoms with Crippen molar-refractivity contribution in [3.8, 4) is 27.6 Å². The number of nitrogens with one attached hydrogen (secondary N) is 1. The lowest BCUT2D eigenvalue weighted by atomic mass is 10.1. The molecule has 0 radical (unpaired) electrons. The number of rotatable bonds is 2. The molecule has 3 aromatic rings. The Bertz CT molecular complexity index is 611. The molecule has 1 aromatic carbocycles. The summed E-state index contributed by atoms with van der Waals surface area (Å²) < 4.78 is 0. The molecular weight excluding hydrogens is 232 g/mol. The summed E-state index contributed by atoms with van der Waals surface area (Å²) in [6.45, 7) is 0. The molecule has 0 amide bonds. The van der Waals surface area contributed by atoms with E-state index in [1.54, 1.807) is 23.5 Å². The van der Waals surface area contributed by atoms with E-state index in [0.29, 0.717) is 0 Å². The van der Waals surface area contributed by atoms with E-state index in [9.17, 15) is 5.11 Å². The Morgan fingerprint density at radius 2 is 1.94 bits per heavy atom. The van der Waals surface area contributed by atoms with Crippen molar-refractivity contribution in [2.24, 2.45) is 0 Å². The van der Waals surface area contributed by atoms with Crippen molar-refractivity contribution in [2.45, 2.75) is 0 Å². The summed E-state index contributed by atoms with van der Waals surface area (Å²) in [6, 6.07) is 13.1. The molecular formula is C13H10N2OS. The third-order valence-electron chi connectivity index (χ3n) is 2.53. The van der Waals surface area contributed by atoms with E-state index in [1.807, 2.05) is 29.6 Å². The lowest BCUT2D eigenvalue weighted by Gasteiger charge is -1.95. The number of benzene rings is 1. The molecule has 0 saturated heterocycles. The van der Waals surface area contributed by atoms with Gasteiger partial charge < -0.3 is 5.11 Å². The Hall–Kier alpha value is -2.07. The maximum Gasteiger partial charge on any atom is 0.115 e. The third-order valence-corrected chi connectivity index (χ3v) is 3.43. The Balaban J connectivity index is 1.98. The van der Waals surface area contributed by atoms with Crippen LogP contribution < -0.4 is 0 Å². The molecule has 0 bridgehead atoms. The van der Waals surface area contributed by atoms with Crippen LogP contribution in [-0.4, -0.2) is 15.3 Å². The van der Waals surface area contributed by atoms with Crippen LogP contribution in [0.3, 0.4) is 0 Å². The summed E-state index contributed by atoms with van der Waals surface area (Å²) >= 11 is 1.68. The first-order valence-corrected chi connectivity index (χ1v) is 6.09. The first-order valence-electron chi connectivity index (χ1n) is 5.21. The topological polar surface area (TPSA) is 48.9 Å². The molecule has 0 aliphatic rings. The summed E-state index contributed by atoms with van der Waals surface area (Å²) in [7, 11) is 0. The molecule has 2 N–H and O–H groups in total. The zero-order chi connectivity index (χ0) is 11.7. The zero-order valence-electron chi connectivity index (χ0n) is 8.92. The fraction of sp³-hybridized carbons (Fsp3) is 0. The van der Waals surface area contributed by atoms with Gasteiger partial charge in [-0.05, 0) is 41.8 Å². The van der Waals surface area contributed by atoms with Gasteiger partial charge in [0.25, 0.3) is 0 Å². The minimum Gasteiger partial charge on any atom is -0.508 e. The lowest BCUT2D eigenvalue weighted by Crippen LogP contribution is -1.76. The van der Waals surface area contributed by atoms with E-state index in [2.05, 4.69) is 16.3 Å². The van der Waals surface area contributed by atoms with Crippen LogP contribution in [0.15, 0.2) is 47.8 Å². The van der Waals surface area contributed by atoms with E-state index in [-0.39, 0.29) is 5.75 Å². The summed E-state index contributed by atoms with van der Waals surface area (Å²) in [6.07, 6.45) is 0. The fourth-order valence-electron chi connectivity index (χ4n) is 1.66. The van der Waals surface area contributed by atoms with Gasteiger partial charge in [-0.1, -0.05) is 6.07 Å². The molecule has 0 spiro atoms. The summed E-state index contributed by atoms with van der Waals surface area (Å²) in [5.41, 5.74) is 2.89. The highest BCUT2D eigenvalue weighted by Gasteiger charge is 2.06. The second-order valence-electron chi connectivity index (χ2n) is 3.69. The van der Waals surface area contributed by atoms with Gasteiger partial charge in [0.2, 0.25) is 0 Å². The van der Waals surface area contributed by atoms with Crippen molar-refractivity contribution in [1.29, 1.82) is 0 Å². The normalized spacial score (nSPS) is 10.6. The molecule has 2 aromatic heterocycles. The number of aromatic amines is 1. The Labute approximate surface area is 102 Å². The van der Waals surface area contributed by atoms with Crippen LogP contribution in [0.5, 0.6) is 5.75 Å². The highest BCUT2D eigenvalue weighted by atomic mass is 32.1. The van der Waals surface area contributed by atoms with Gasteiger partial charge in [0.05, 0.1) is 16.3 Å². The van der Waals surface area contributed by atoms with Gasteiger partial charge in [-0.3, -0.25) is 5.10 Å². The number of phenolic OH excluding ortho intramolecular Hbond substituents is 1.